The summed E-state index contributed by atoms with van der Waals surface area (Å²) >= 11 is 5.05. The van der Waals surface area contributed by atoms with Crippen LogP contribution < -0.4 is 5.32 Å². The van der Waals surface area contributed by atoms with Crippen molar-refractivity contribution in [3.63, 3.8) is 0 Å². The van der Waals surface area contributed by atoms with Gasteiger partial charge >= 0.3 is 0 Å². The molecule has 0 fully saturated rings. The standard InChI is InChI=1S/C21H19N5O3S/c1-12-7-3-5-9-16(12)23-19(28)15(13(2)27)11-22-21(30)26-25-18-14-8-4-6-10-17(14)24-20(18)29/h3-11,24,27,29H,1-2H3,(H,23,28)/b15-13-,22-11+,26-25?. The first-order valence-corrected chi connectivity index (χ1v) is 9.34. The van der Waals surface area contributed by atoms with Gasteiger partial charge in [0.15, 0.2) is 5.69 Å². The predicted octanol–water partition coefficient (Wildman–Crippen LogP) is 5.09. The summed E-state index contributed by atoms with van der Waals surface area (Å²) in [6.45, 7) is 3.22. The molecule has 0 bridgehead atoms. The van der Waals surface area contributed by atoms with Crippen LogP contribution in [0.1, 0.15) is 12.5 Å². The highest BCUT2D eigenvalue weighted by molar-refractivity contribution is 7.80. The van der Waals surface area contributed by atoms with Crippen LogP contribution in [0.4, 0.5) is 11.4 Å². The van der Waals surface area contributed by atoms with E-state index in [9.17, 15) is 15.0 Å². The number of hydrogen-bond donors (Lipinski definition) is 4. The van der Waals surface area contributed by atoms with Crippen molar-refractivity contribution in [1.29, 1.82) is 0 Å². The number of aliphatic hydroxyl groups is 1. The number of aromatic hydroxyl groups is 1. The number of benzene rings is 2. The Kier molecular flexibility index (Phi) is 6.33. The zero-order chi connectivity index (χ0) is 21.7. The smallest absolute Gasteiger partial charge is 0.260 e. The Morgan fingerprint density at radius 1 is 1.17 bits per heavy atom. The highest BCUT2D eigenvalue weighted by atomic mass is 32.1. The summed E-state index contributed by atoms with van der Waals surface area (Å²) in [5.41, 5.74) is 2.36. The molecular formula is C21H19N5O3S. The number of aromatic nitrogens is 1. The molecule has 2 aromatic carbocycles. The molecule has 1 aromatic heterocycles. The minimum Gasteiger partial charge on any atom is -0.512 e. The Morgan fingerprint density at radius 2 is 1.87 bits per heavy atom. The third-order valence-electron chi connectivity index (χ3n) is 4.23. The highest BCUT2D eigenvalue weighted by Gasteiger charge is 2.13. The van der Waals surface area contributed by atoms with Crippen molar-refractivity contribution in [2.45, 2.75) is 13.8 Å². The molecular weight excluding hydrogens is 402 g/mol. The molecule has 4 N–H and O–H groups in total. The number of thiocarbonyl (C=S) groups is 1. The number of hydrogen-bond acceptors (Lipinski definition) is 5. The van der Waals surface area contributed by atoms with Crippen molar-refractivity contribution in [3.8, 4) is 5.88 Å². The maximum absolute atomic E-state index is 12.5. The molecule has 0 aliphatic rings. The van der Waals surface area contributed by atoms with E-state index < -0.39 is 5.91 Å². The van der Waals surface area contributed by atoms with Crippen LogP contribution in [0, 0.1) is 6.92 Å². The number of nitrogens with zero attached hydrogens (tertiary/aromatic N) is 3. The first-order valence-electron chi connectivity index (χ1n) is 8.93. The predicted molar refractivity (Wildman–Crippen MR) is 121 cm³/mol. The summed E-state index contributed by atoms with van der Waals surface area (Å²) in [5.74, 6) is -0.906. The summed E-state index contributed by atoms with van der Waals surface area (Å²) in [6, 6.07) is 14.4. The SMILES string of the molecule is C/C(O)=C(\C=N\C(=S)N=Nc1c(O)[nH]c2ccccc12)C(=O)Nc1ccccc1C. The summed E-state index contributed by atoms with van der Waals surface area (Å²) < 4.78 is 0. The number of anilines is 1. The van der Waals surface area contributed by atoms with E-state index in [2.05, 4.69) is 25.5 Å². The number of carbonyl (C=O) groups is 1. The lowest BCUT2D eigenvalue weighted by Crippen LogP contribution is -2.17. The second-order valence-corrected chi connectivity index (χ2v) is 6.74. The van der Waals surface area contributed by atoms with E-state index >= 15 is 0 Å². The van der Waals surface area contributed by atoms with Gasteiger partial charge in [-0.3, -0.25) is 4.79 Å². The molecule has 0 unspecified atom stereocenters. The Labute approximate surface area is 177 Å². The number of azo groups is 1. The van der Waals surface area contributed by atoms with Crippen molar-refractivity contribution in [3.05, 3.63) is 65.4 Å². The number of amides is 1. The van der Waals surface area contributed by atoms with Crippen LogP contribution in [0.2, 0.25) is 0 Å². The summed E-state index contributed by atoms with van der Waals surface area (Å²) in [5, 5.41) is 30.8. The average molecular weight is 421 g/mol. The van der Waals surface area contributed by atoms with Crippen LogP contribution in [0.3, 0.4) is 0 Å². The molecule has 3 aromatic rings. The van der Waals surface area contributed by atoms with Gasteiger partial charge in [0.1, 0.15) is 5.76 Å². The fraction of sp³-hybridized carbons (Fsp3) is 0.0952. The van der Waals surface area contributed by atoms with Gasteiger partial charge in [-0.25, -0.2) is 4.99 Å². The summed E-state index contributed by atoms with van der Waals surface area (Å²) in [7, 11) is 0. The topological polar surface area (TPSA) is 122 Å². The van der Waals surface area contributed by atoms with Crippen molar-refractivity contribution in [1.82, 2.24) is 4.98 Å². The Bertz CT molecular complexity index is 1210. The minimum atomic E-state index is -0.540. The van der Waals surface area contributed by atoms with Crippen LogP contribution in [-0.2, 0) is 4.79 Å². The van der Waals surface area contributed by atoms with E-state index in [1.54, 1.807) is 30.3 Å². The number of nitrogens with one attached hydrogen (secondary N) is 2. The fourth-order valence-electron chi connectivity index (χ4n) is 2.67. The third-order valence-corrected chi connectivity index (χ3v) is 4.41. The fourth-order valence-corrected chi connectivity index (χ4v) is 2.77. The van der Waals surface area contributed by atoms with Crippen LogP contribution in [-0.4, -0.2) is 32.4 Å². The number of carbonyl (C=O) groups excluding carboxylic acids is 1. The molecule has 0 radical (unpaired) electrons. The first-order chi connectivity index (χ1) is 14.4. The molecule has 0 saturated carbocycles. The van der Waals surface area contributed by atoms with E-state index in [-0.39, 0.29) is 28.0 Å². The van der Waals surface area contributed by atoms with Gasteiger partial charge in [-0.1, -0.05) is 36.4 Å². The van der Waals surface area contributed by atoms with Gasteiger partial charge in [-0.2, -0.15) is 0 Å². The van der Waals surface area contributed by atoms with Gasteiger partial charge in [0.05, 0.1) is 11.1 Å². The Hall–Kier alpha value is -3.85. The largest absolute Gasteiger partial charge is 0.512 e. The first kappa shape index (κ1) is 20.9. The second-order valence-electron chi connectivity index (χ2n) is 6.38. The lowest BCUT2D eigenvalue weighted by Gasteiger charge is -2.08. The van der Waals surface area contributed by atoms with E-state index in [4.69, 9.17) is 12.2 Å². The molecule has 9 heteroatoms. The molecule has 1 heterocycles. The van der Waals surface area contributed by atoms with Crippen molar-refractivity contribution >= 4 is 51.7 Å². The highest BCUT2D eigenvalue weighted by Crippen LogP contribution is 2.35. The van der Waals surface area contributed by atoms with Crippen LogP contribution in [0.15, 0.2) is 75.1 Å². The number of aromatic amines is 1. The van der Waals surface area contributed by atoms with E-state index in [1.807, 2.05) is 25.1 Å². The second kappa shape index (κ2) is 9.10. The van der Waals surface area contributed by atoms with Gasteiger partial charge in [-0.15, -0.1) is 10.2 Å². The number of aliphatic imine (C=N–C) groups is 1. The third kappa shape index (κ3) is 4.76. The quantitative estimate of drug-likeness (QED) is 0.154. The maximum atomic E-state index is 12.5. The number of rotatable bonds is 4. The van der Waals surface area contributed by atoms with E-state index in [0.717, 1.165) is 11.8 Å². The molecule has 152 valence electrons. The number of para-hydroxylation sites is 2. The number of fused-ring (bicyclic) bond motifs is 1. The minimum absolute atomic E-state index is 0.0641. The molecule has 0 aliphatic heterocycles. The van der Waals surface area contributed by atoms with Crippen LogP contribution >= 0.6 is 12.2 Å². The van der Waals surface area contributed by atoms with Crippen molar-refractivity contribution in [2.24, 2.45) is 15.2 Å². The van der Waals surface area contributed by atoms with Crippen molar-refractivity contribution < 1.29 is 15.0 Å². The molecule has 3 rings (SSSR count). The van der Waals surface area contributed by atoms with Crippen molar-refractivity contribution in [2.75, 3.05) is 5.32 Å². The summed E-state index contributed by atoms with van der Waals surface area (Å²) in [4.78, 5) is 19.2. The molecule has 0 spiro atoms. The lowest BCUT2D eigenvalue weighted by atomic mass is 10.2. The summed E-state index contributed by atoms with van der Waals surface area (Å²) in [6.07, 6.45) is 1.12. The molecule has 8 nitrogen and oxygen atoms in total. The number of aliphatic hydroxyl groups excluding tert-OH is 1. The van der Waals surface area contributed by atoms with Crippen LogP contribution in [0.5, 0.6) is 5.88 Å². The molecule has 30 heavy (non-hydrogen) atoms. The monoisotopic (exact) mass is 421 g/mol. The average Bonchev–Trinajstić information content (AvgIpc) is 3.03. The van der Waals surface area contributed by atoms with Gasteiger partial charge in [0.2, 0.25) is 11.0 Å². The van der Waals surface area contributed by atoms with Gasteiger partial charge in [0.25, 0.3) is 5.91 Å². The zero-order valence-electron chi connectivity index (χ0n) is 16.2. The Balaban J connectivity index is 1.75. The zero-order valence-corrected chi connectivity index (χ0v) is 17.1. The Morgan fingerprint density at radius 3 is 2.60 bits per heavy atom. The normalized spacial score (nSPS) is 12.5. The number of allylic oxidation sites excluding steroid dienone is 1. The van der Waals surface area contributed by atoms with Gasteiger partial charge in [0, 0.05) is 17.3 Å². The van der Waals surface area contributed by atoms with E-state index in [0.29, 0.717) is 16.6 Å². The van der Waals surface area contributed by atoms with E-state index in [1.165, 1.54) is 6.92 Å². The lowest BCUT2D eigenvalue weighted by molar-refractivity contribution is -0.112. The molecule has 1 amide bonds. The van der Waals surface area contributed by atoms with Crippen LogP contribution in [0.25, 0.3) is 10.9 Å². The van der Waals surface area contributed by atoms with Gasteiger partial charge in [-0.05, 0) is 43.8 Å². The van der Waals surface area contributed by atoms with Gasteiger partial charge < -0.3 is 20.5 Å². The number of aryl methyl sites for hydroxylation is 1. The number of H-pyrrole nitrogens is 1. The maximum Gasteiger partial charge on any atom is 0.260 e. The molecule has 0 aliphatic carbocycles. The molecule has 0 saturated heterocycles. The molecule has 0 atom stereocenters.